The predicted octanol–water partition coefficient (Wildman–Crippen LogP) is 10.9. The third kappa shape index (κ3) is 5.82. The minimum atomic E-state index is -3.30. The first-order valence-corrected chi connectivity index (χ1v) is 22.6. The fourth-order valence-electron chi connectivity index (χ4n) is 8.40. The Hall–Kier alpha value is -6.50. The van der Waals surface area contributed by atoms with E-state index >= 15 is 9.13 Å². The molecule has 0 aliphatic rings. The van der Waals surface area contributed by atoms with Gasteiger partial charge >= 0.3 is 0 Å². The lowest BCUT2D eigenvalue weighted by atomic mass is 9.98. The van der Waals surface area contributed by atoms with Crippen molar-refractivity contribution >= 4 is 78.7 Å². The van der Waals surface area contributed by atoms with Crippen LogP contribution in [0.4, 0.5) is 0 Å². The topological polar surface area (TPSA) is 39.1 Å². The maximum absolute atomic E-state index is 15.7. The highest BCUT2D eigenvalue weighted by Gasteiger charge is 2.32. The molecular formula is C52H37NO2P2. The van der Waals surface area contributed by atoms with Crippen molar-refractivity contribution < 1.29 is 9.13 Å². The van der Waals surface area contributed by atoms with Crippen molar-refractivity contribution in [3.63, 3.8) is 0 Å². The van der Waals surface area contributed by atoms with Gasteiger partial charge in [-0.2, -0.15) is 0 Å². The molecule has 0 atom stereocenters. The van der Waals surface area contributed by atoms with Crippen LogP contribution in [0, 0.1) is 0 Å². The van der Waals surface area contributed by atoms with Crippen molar-refractivity contribution in [3.05, 3.63) is 224 Å². The summed E-state index contributed by atoms with van der Waals surface area (Å²) in [6, 6.07) is 75.3. The highest BCUT2D eigenvalue weighted by Crippen LogP contribution is 2.46. The van der Waals surface area contributed by atoms with Gasteiger partial charge in [0.25, 0.3) is 0 Å². The number of rotatable bonds is 8. The van der Waals surface area contributed by atoms with Crippen LogP contribution in [-0.4, -0.2) is 4.57 Å². The summed E-state index contributed by atoms with van der Waals surface area (Å²) in [5.74, 6) is 0. The Morgan fingerprint density at radius 1 is 0.316 bits per heavy atom. The molecule has 0 saturated heterocycles. The standard InChI is InChI=1S/C52H37NO2P2/c54-56(41-21-5-1-6-22-41,42-23-7-2-8-24-42)45-31-33-51-49(36-45)50-37-46(57(55,43-25-9-3-10-26-43)44-27-11-4-12-28-44)32-34-52(50)53(51)40-20-15-19-39(35-40)48-30-16-18-38-17-13-14-29-47(38)48/h1-37H. The van der Waals surface area contributed by atoms with Crippen LogP contribution in [0.15, 0.2) is 224 Å². The molecule has 10 rings (SSSR count). The molecule has 0 aliphatic carbocycles. The van der Waals surface area contributed by atoms with Crippen molar-refractivity contribution in [2.24, 2.45) is 0 Å². The van der Waals surface area contributed by atoms with Gasteiger partial charge < -0.3 is 13.7 Å². The van der Waals surface area contributed by atoms with Gasteiger partial charge in [0.05, 0.1) is 11.0 Å². The van der Waals surface area contributed by atoms with E-state index < -0.39 is 14.3 Å². The van der Waals surface area contributed by atoms with Gasteiger partial charge in [0.1, 0.15) is 0 Å². The van der Waals surface area contributed by atoms with Crippen LogP contribution < -0.4 is 31.8 Å². The van der Waals surface area contributed by atoms with E-state index in [2.05, 4.69) is 95.6 Å². The molecule has 1 heterocycles. The molecule has 0 radical (unpaired) electrons. The maximum atomic E-state index is 15.7. The van der Waals surface area contributed by atoms with Crippen molar-refractivity contribution in [1.82, 2.24) is 4.57 Å². The number of hydrogen-bond donors (Lipinski definition) is 0. The Balaban J connectivity index is 1.26. The third-order valence-electron chi connectivity index (χ3n) is 11.1. The van der Waals surface area contributed by atoms with E-state index in [9.17, 15) is 0 Å². The molecule has 272 valence electrons. The van der Waals surface area contributed by atoms with Crippen molar-refractivity contribution in [2.45, 2.75) is 0 Å². The number of nitrogens with zero attached hydrogens (tertiary/aromatic N) is 1. The zero-order valence-corrected chi connectivity index (χ0v) is 32.8. The summed E-state index contributed by atoms with van der Waals surface area (Å²) >= 11 is 0. The average molecular weight is 770 g/mol. The summed E-state index contributed by atoms with van der Waals surface area (Å²) < 4.78 is 33.7. The van der Waals surface area contributed by atoms with Crippen LogP contribution >= 0.6 is 14.3 Å². The highest BCUT2D eigenvalue weighted by atomic mass is 31.2. The Morgan fingerprint density at radius 2 is 0.737 bits per heavy atom. The number of benzene rings is 9. The van der Waals surface area contributed by atoms with E-state index in [1.807, 2.05) is 133 Å². The van der Waals surface area contributed by atoms with Crippen molar-refractivity contribution in [3.8, 4) is 16.8 Å². The van der Waals surface area contributed by atoms with E-state index in [1.54, 1.807) is 0 Å². The molecule has 3 nitrogen and oxygen atoms in total. The number of hydrogen-bond acceptors (Lipinski definition) is 2. The van der Waals surface area contributed by atoms with Crippen LogP contribution in [0.2, 0.25) is 0 Å². The second-order valence-electron chi connectivity index (χ2n) is 14.4. The molecular weight excluding hydrogens is 733 g/mol. The smallest absolute Gasteiger partial charge is 0.171 e. The van der Waals surface area contributed by atoms with Gasteiger partial charge in [-0.25, -0.2) is 0 Å². The van der Waals surface area contributed by atoms with E-state index in [-0.39, 0.29) is 0 Å². The van der Waals surface area contributed by atoms with Crippen LogP contribution in [0.1, 0.15) is 0 Å². The van der Waals surface area contributed by atoms with Crippen molar-refractivity contribution in [2.75, 3.05) is 0 Å². The summed E-state index contributed by atoms with van der Waals surface area (Å²) in [5.41, 5.74) is 5.23. The van der Waals surface area contributed by atoms with Crippen LogP contribution in [-0.2, 0) is 9.13 Å². The zero-order valence-electron chi connectivity index (χ0n) is 31.0. The lowest BCUT2D eigenvalue weighted by molar-refractivity contribution is 0.591. The second kappa shape index (κ2) is 14.2. The largest absolute Gasteiger partial charge is 0.309 e. The van der Waals surface area contributed by atoms with Gasteiger partial charge in [0, 0.05) is 48.3 Å². The quantitative estimate of drug-likeness (QED) is 0.144. The monoisotopic (exact) mass is 769 g/mol. The summed E-state index contributed by atoms with van der Waals surface area (Å²) in [6.45, 7) is 0. The molecule has 5 heteroatoms. The minimum absolute atomic E-state index is 0.746. The van der Waals surface area contributed by atoms with E-state index in [1.165, 1.54) is 16.3 Å². The molecule has 9 aromatic carbocycles. The molecule has 0 amide bonds. The molecule has 10 aromatic rings. The summed E-state index contributed by atoms with van der Waals surface area (Å²) in [7, 11) is -6.59. The molecule has 0 unspecified atom stereocenters. The Kier molecular flexibility index (Phi) is 8.72. The molecule has 0 N–H and O–H groups in total. The van der Waals surface area contributed by atoms with Crippen LogP contribution in [0.3, 0.4) is 0 Å². The average Bonchev–Trinajstić information content (AvgIpc) is 3.62. The first-order chi connectivity index (χ1) is 28.0. The van der Waals surface area contributed by atoms with E-state index in [0.29, 0.717) is 0 Å². The van der Waals surface area contributed by atoms with Crippen LogP contribution in [0.5, 0.6) is 0 Å². The Morgan fingerprint density at radius 3 is 1.23 bits per heavy atom. The molecule has 1 aromatic heterocycles. The first kappa shape index (κ1) is 35.0. The van der Waals surface area contributed by atoms with E-state index in [0.717, 1.165) is 64.9 Å². The SMILES string of the molecule is O=P(c1ccccc1)(c1ccccc1)c1ccc2c(c1)c1cc(P(=O)(c3ccccc3)c3ccccc3)ccc1n2-c1cccc(-c2cccc3ccccc23)c1. The van der Waals surface area contributed by atoms with Crippen molar-refractivity contribution in [1.29, 1.82) is 0 Å². The number of fused-ring (bicyclic) bond motifs is 4. The summed E-state index contributed by atoms with van der Waals surface area (Å²) in [6.07, 6.45) is 0. The third-order valence-corrected chi connectivity index (χ3v) is 17.3. The van der Waals surface area contributed by atoms with Gasteiger partial charge in [0.15, 0.2) is 14.3 Å². The minimum Gasteiger partial charge on any atom is -0.309 e. The fourth-order valence-corrected chi connectivity index (χ4v) is 13.8. The summed E-state index contributed by atoms with van der Waals surface area (Å²) in [5, 5.41) is 8.89. The zero-order chi connectivity index (χ0) is 38.4. The maximum Gasteiger partial charge on any atom is 0.171 e. The van der Waals surface area contributed by atoms with Gasteiger partial charge in [-0.1, -0.05) is 176 Å². The van der Waals surface area contributed by atoms with Gasteiger partial charge in [-0.15, -0.1) is 0 Å². The second-order valence-corrected chi connectivity index (χ2v) is 19.9. The molecule has 0 aliphatic heterocycles. The molecule has 0 saturated carbocycles. The number of aromatic nitrogens is 1. The molecule has 0 spiro atoms. The van der Waals surface area contributed by atoms with Crippen LogP contribution in [0.25, 0.3) is 49.4 Å². The predicted molar refractivity (Wildman–Crippen MR) is 243 cm³/mol. The Labute approximate surface area is 332 Å². The molecule has 57 heavy (non-hydrogen) atoms. The van der Waals surface area contributed by atoms with Gasteiger partial charge in [-0.3, -0.25) is 0 Å². The normalized spacial score (nSPS) is 12.0. The van der Waals surface area contributed by atoms with Gasteiger partial charge in [-0.05, 0) is 70.4 Å². The fraction of sp³-hybridized carbons (Fsp3) is 0. The van der Waals surface area contributed by atoms with Gasteiger partial charge in [0.2, 0.25) is 0 Å². The highest BCUT2D eigenvalue weighted by molar-refractivity contribution is 7.85. The van der Waals surface area contributed by atoms with E-state index in [4.69, 9.17) is 0 Å². The molecule has 0 bridgehead atoms. The lowest BCUT2D eigenvalue weighted by Crippen LogP contribution is -2.25. The summed E-state index contributed by atoms with van der Waals surface area (Å²) in [4.78, 5) is 0. The lowest BCUT2D eigenvalue weighted by Gasteiger charge is -2.20. The molecule has 0 fully saturated rings. The first-order valence-electron chi connectivity index (χ1n) is 19.1. The Bertz CT molecular complexity index is 2930.